The molecule has 0 bridgehead atoms. The van der Waals surface area contributed by atoms with E-state index in [1.807, 2.05) is 0 Å². The quantitative estimate of drug-likeness (QED) is 0.868. The minimum absolute atomic E-state index is 0.416. The predicted octanol–water partition coefficient (Wildman–Crippen LogP) is 2.64. The van der Waals surface area contributed by atoms with Crippen LogP contribution in [-0.2, 0) is 11.8 Å². The van der Waals surface area contributed by atoms with Crippen LogP contribution in [0.25, 0.3) is 0 Å². The summed E-state index contributed by atoms with van der Waals surface area (Å²) in [5, 5.41) is 0. The first-order valence-electron chi connectivity index (χ1n) is 6.68. The number of benzene rings is 1. The summed E-state index contributed by atoms with van der Waals surface area (Å²) in [7, 11) is 1.79. The molecule has 2 aliphatic rings. The number of nitrogens with two attached hydrogens (primary N) is 1. The highest BCUT2D eigenvalue weighted by atomic mass is 16.5. The van der Waals surface area contributed by atoms with Gasteiger partial charge >= 0.3 is 0 Å². The monoisotopic (exact) mass is 231 g/mol. The standard InChI is InChI=1S/C15H21NO/c1-17-13-4-2-3-11-5-6-12(7-10-16)15(8-9-15)14(11)13/h2-4,12H,5-10,16H2,1H3. The van der Waals surface area contributed by atoms with Crippen molar-refractivity contribution in [2.24, 2.45) is 11.7 Å². The van der Waals surface area contributed by atoms with E-state index in [4.69, 9.17) is 10.5 Å². The van der Waals surface area contributed by atoms with E-state index in [0.717, 1.165) is 24.6 Å². The van der Waals surface area contributed by atoms with Crippen molar-refractivity contribution in [2.45, 2.75) is 37.5 Å². The van der Waals surface area contributed by atoms with Gasteiger partial charge < -0.3 is 10.5 Å². The number of hydrogen-bond acceptors (Lipinski definition) is 2. The molecule has 2 N–H and O–H groups in total. The van der Waals surface area contributed by atoms with Crippen LogP contribution in [0.1, 0.15) is 36.8 Å². The molecule has 3 rings (SSSR count). The molecular weight excluding hydrogens is 210 g/mol. The first-order chi connectivity index (χ1) is 8.31. The van der Waals surface area contributed by atoms with Gasteiger partial charge in [-0.2, -0.15) is 0 Å². The number of rotatable bonds is 3. The van der Waals surface area contributed by atoms with E-state index in [1.165, 1.54) is 36.8 Å². The fraction of sp³-hybridized carbons (Fsp3) is 0.600. The summed E-state index contributed by atoms with van der Waals surface area (Å²) in [5.41, 5.74) is 9.20. The van der Waals surface area contributed by atoms with Crippen LogP contribution in [0.5, 0.6) is 5.75 Å². The summed E-state index contributed by atoms with van der Waals surface area (Å²) in [6.07, 6.45) is 6.31. The second-order valence-corrected chi connectivity index (χ2v) is 5.46. The number of ether oxygens (including phenoxy) is 1. The van der Waals surface area contributed by atoms with Crippen molar-refractivity contribution in [3.63, 3.8) is 0 Å². The zero-order valence-electron chi connectivity index (χ0n) is 10.5. The van der Waals surface area contributed by atoms with E-state index >= 15 is 0 Å². The highest BCUT2D eigenvalue weighted by molar-refractivity contribution is 5.51. The van der Waals surface area contributed by atoms with Crippen LogP contribution in [0.3, 0.4) is 0 Å². The van der Waals surface area contributed by atoms with Crippen molar-refractivity contribution in [3.05, 3.63) is 29.3 Å². The number of fused-ring (bicyclic) bond motifs is 2. The summed E-state index contributed by atoms with van der Waals surface area (Å²) >= 11 is 0. The Bertz CT molecular complexity index is 409. The van der Waals surface area contributed by atoms with Crippen molar-refractivity contribution in [3.8, 4) is 5.75 Å². The second kappa shape index (κ2) is 4.02. The summed E-state index contributed by atoms with van der Waals surface area (Å²) in [6, 6.07) is 6.51. The van der Waals surface area contributed by atoms with Gasteiger partial charge in [0.1, 0.15) is 5.75 Å². The van der Waals surface area contributed by atoms with Gasteiger partial charge in [-0.15, -0.1) is 0 Å². The molecule has 1 spiro atoms. The Morgan fingerprint density at radius 3 is 2.88 bits per heavy atom. The molecule has 0 saturated heterocycles. The smallest absolute Gasteiger partial charge is 0.122 e. The number of aryl methyl sites for hydroxylation is 1. The van der Waals surface area contributed by atoms with E-state index < -0.39 is 0 Å². The van der Waals surface area contributed by atoms with Crippen molar-refractivity contribution >= 4 is 0 Å². The predicted molar refractivity (Wildman–Crippen MR) is 69.4 cm³/mol. The Kier molecular flexibility index (Phi) is 2.62. The molecule has 92 valence electrons. The Hall–Kier alpha value is -1.02. The molecule has 1 aromatic rings. The lowest BCUT2D eigenvalue weighted by atomic mass is 9.70. The minimum Gasteiger partial charge on any atom is -0.496 e. The molecule has 2 aliphatic carbocycles. The van der Waals surface area contributed by atoms with Gasteiger partial charge in [-0.1, -0.05) is 12.1 Å². The van der Waals surface area contributed by atoms with E-state index in [2.05, 4.69) is 18.2 Å². The van der Waals surface area contributed by atoms with Crippen LogP contribution in [-0.4, -0.2) is 13.7 Å². The maximum Gasteiger partial charge on any atom is 0.122 e. The fourth-order valence-corrected chi connectivity index (χ4v) is 3.75. The van der Waals surface area contributed by atoms with Crippen molar-refractivity contribution in [1.82, 2.24) is 0 Å². The molecule has 1 fully saturated rings. The number of methoxy groups -OCH3 is 1. The average molecular weight is 231 g/mol. The van der Waals surface area contributed by atoms with Gasteiger partial charge in [0.25, 0.3) is 0 Å². The maximum absolute atomic E-state index is 5.77. The first-order valence-corrected chi connectivity index (χ1v) is 6.68. The van der Waals surface area contributed by atoms with Crippen molar-refractivity contribution in [2.75, 3.05) is 13.7 Å². The summed E-state index contributed by atoms with van der Waals surface area (Å²) < 4.78 is 5.58. The molecule has 0 radical (unpaired) electrons. The summed E-state index contributed by atoms with van der Waals surface area (Å²) in [6.45, 7) is 0.816. The highest BCUT2D eigenvalue weighted by Crippen LogP contribution is 2.61. The molecule has 0 aliphatic heterocycles. The molecule has 0 amide bonds. The minimum atomic E-state index is 0.416. The molecule has 2 nitrogen and oxygen atoms in total. The van der Waals surface area contributed by atoms with E-state index in [1.54, 1.807) is 7.11 Å². The van der Waals surface area contributed by atoms with Crippen LogP contribution in [0.15, 0.2) is 18.2 Å². The Morgan fingerprint density at radius 1 is 1.41 bits per heavy atom. The van der Waals surface area contributed by atoms with Gasteiger partial charge in [0.2, 0.25) is 0 Å². The molecule has 1 aromatic carbocycles. The van der Waals surface area contributed by atoms with Gasteiger partial charge in [-0.05, 0) is 56.2 Å². The Morgan fingerprint density at radius 2 is 2.24 bits per heavy atom. The Labute approximate surface area is 103 Å². The lowest BCUT2D eigenvalue weighted by Gasteiger charge is -2.35. The molecular formula is C15H21NO. The van der Waals surface area contributed by atoms with Crippen LogP contribution < -0.4 is 10.5 Å². The van der Waals surface area contributed by atoms with E-state index in [-0.39, 0.29) is 0 Å². The average Bonchev–Trinajstić information content (AvgIpc) is 3.14. The third-order valence-corrected chi connectivity index (χ3v) is 4.68. The zero-order valence-corrected chi connectivity index (χ0v) is 10.5. The molecule has 17 heavy (non-hydrogen) atoms. The fourth-order valence-electron chi connectivity index (χ4n) is 3.75. The lowest BCUT2D eigenvalue weighted by Crippen LogP contribution is -2.29. The van der Waals surface area contributed by atoms with Crippen molar-refractivity contribution in [1.29, 1.82) is 0 Å². The molecule has 1 unspecified atom stereocenters. The highest BCUT2D eigenvalue weighted by Gasteiger charge is 2.53. The van der Waals surface area contributed by atoms with Crippen LogP contribution >= 0.6 is 0 Å². The first kappa shape index (κ1) is 11.1. The normalized spacial score (nSPS) is 24.5. The topological polar surface area (TPSA) is 35.2 Å². The summed E-state index contributed by atoms with van der Waals surface area (Å²) in [4.78, 5) is 0. The molecule has 1 saturated carbocycles. The lowest BCUT2D eigenvalue weighted by molar-refractivity contribution is 0.317. The largest absolute Gasteiger partial charge is 0.496 e. The van der Waals surface area contributed by atoms with Crippen LogP contribution in [0.2, 0.25) is 0 Å². The van der Waals surface area contributed by atoms with Gasteiger partial charge in [0, 0.05) is 11.0 Å². The van der Waals surface area contributed by atoms with Gasteiger partial charge in [0.15, 0.2) is 0 Å². The van der Waals surface area contributed by atoms with Crippen LogP contribution in [0.4, 0.5) is 0 Å². The van der Waals surface area contributed by atoms with E-state index in [0.29, 0.717) is 5.41 Å². The third-order valence-electron chi connectivity index (χ3n) is 4.68. The Balaban J connectivity index is 2.05. The summed E-state index contributed by atoms with van der Waals surface area (Å²) in [5.74, 6) is 1.87. The van der Waals surface area contributed by atoms with Gasteiger partial charge in [-0.3, -0.25) is 0 Å². The SMILES string of the molecule is COc1cccc2c1C1(CC1)C(CCN)CC2. The van der Waals surface area contributed by atoms with Crippen molar-refractivity contribution < 1.29 is 4.74 Å². The molecule has 0 heterocycles. The van der Waals surface area contributed by atoms with E-state index in [9.17, 15) is 0 Å². The van der Waals surface area contributed by atoms with Gasteiger partial charge in [0.05, 0.1) is 7.11 Å². The molecule has 1 atom stereocenters. The molecule has 2 heteroatoms. The second-order valence-electron chi connectivity index (χ2n) is 5.46. The zero-order chi connectivity index (χ0) is 11.9. The molecule has 0 aromatic heterocycles. The van der Waals surface area contributed by atoms with Crippen LogP contribution in [0, 0.1) is 5.92 Å². The third kappa shape index (κ3) is 1.58. The number of hydrogen-bond donors (Lipinski definition) is 1. The van der Waals surface area contributed by atoms with Gasteiger partial charge in [-0.25, -0.2) is 0 Å². The maximum atomic E-state index is 5.77.